The third kappa shape index (κ3) is 5.13. The summed E-state index contributed by atoms with van der Waals surface area (Å²) in [5.74, 6) is 0.186. The Labute approximate surface area is 149 Å². The highest BCUT2D eigenvalue weighted by Crippen LogP contribution is 2.16. The minimum Gasteiger partial charge on any atom is -0.341 e. The highest BCUT2D eigenvalue weighted by Gasteiger charge is 2.25. The topological polar surface area (TPSA) is 54.3 Å². The second-order valence-corrected chi connectivity index (χ2v) is 6.75. The number of likely N-dealkylation sites (tertiary alicyclic amines) is 1. The van der Waals surface area contributed by atoms with Gasteiger partial charge in [-0.3, -0.25) is 9.48 Å². The monoisotopic (exact) mass is 341 g/mol. The van der Waals surface area contributed by atoms with E-state index in [-0.39, 0.29) is 5.91 Å². The van der Waals surface area contributed by atoms with Crippen molar-refractivity contribution < 1.29 is 4.79 Å². The molecule has 1 aliphatic heterocycles. The molecule has 1 aromatic carbocycles. The number of nitrogens with zero attached hydrogens (tertiary/aromatic N) is 5. The summed E-state index contributed by atoms with van der Waals surface area (Å²) in [7, 11) is 1.94. The lowest BCUT2D eigenvalue weighted by Crippen LogP contribution is -2.49. The molecule has 3 rings (SSSR count). The van der Waals surface area contributed by atoms with E-state index in [0.717, 1.165) is 38.9 Å². The predicted molar refractivity (Wildman–Crippen MR) is 97.0 cm³/mol. The zero-order valence-corrected chi connectivity index (χ0v) is 14.9. The number of aromatic nitrogens is 3. The maximum absolute atomic E-state index is 12.5. The van der Waals surface area contributed by atoms with Crippen LogP contribution in [-0.4, -0.2) is 63.2 Å². The summed E-state index contributed by atoms with van der Waals surface area (Å²) in [6.07, 6.45) is 6.94. The first-order chi connectivity index (χ1) is 12.2. The van der Waals surface area contributed by atoms with E-state index in [1.807, 2.05) is 11.9 Å². The number of rotatable bonds is 7. The van der Waals surface area contributed by atoms with E-state index in [4.69, 9.17) is 0 Å². The second-order valence-electron chi connectivity index (χ2n) is 6.75. The van der Waals surface area contributed by atoms with Gasteiger partial charge in [0, 0.05) is 32.6 Å². The molecule has 1 atom stereocenters. The van der Waals surface area contributed by atoms with E-state index in [1.165, 1.54) is 11.9 Å². The Hall–Kier alpha value is -2.21. The van der Waals surface area contributed by atoms with Crippen molar-refractivity contribution >= 4 is 5.91 Å². The van der Waals surface area contributed by atoms with E-state index < -0.39 is 0 Å². The fraction of sp³-hybridized carbons (Fsp3) is 0.526. The van der Waals surface area contributed by atoms with Gasteiger partial charge in [0.1, 0.15) is 12.7 Å². The molecule has 1 fully saturated rings. The number of hydrogen-bond donors (Lipinski definition) is 0. The lowest BCUT2D eigenvalue weighted by Gasteiger charge is -2.37. The van der Waals surface area contributed by atoms with Gasteiger partial charge in [-0.15, -0.1) is 0 Å². The molecular weight excluding hydrogens is 314 g/mol. The van der Waals surface area contributed by atoms with Crippen LogP contribution in [0.4, 0.5) is 0 Å². The number of carbonyl (C=O) groups excluding carboxylic acids is 1. The van der Waals surface area contributed by atoms with Gasteiger partial charge >= 0.3 is 0 Å². The summed E-state index contributed by atoms with van der Waals surface area (Å²) in [5.41, 5.74) is 1.38. The number of amides is 1. The number of aryl methyl sites for hydroxylation is 1. The van der Waals surface area contributed by atoms with Crippen LogP contribution in [0.1, 0.15) is 24.8 Å². The van der Waals surface area contributed by atoms with Crippen molar-refractivity contribution in [1.29, 1.82) is 0 Å². The quantitative estimate of drug-likeness (QED) is 0.771. The molecule has 0 N–H and O–H groups in total. The van der Waals surface area contributed by atoms with Gasteiger partial charge in [-0.1, -0.05) is 30.3 Å². The molecule has 1 aromatic heterocycles. The Kier molecular flexibility index (Phi) is 6.17. The molecule has 0 bridgehead atoms. The third-order valence-electron chi connectivity index (χ3n) is 5.00. The van der Waals surface area contributed by atoms with Crippen LogP contribution in [0.2, 0.25) is 0 Å². The van der Waals surface area contributed by atoms with E-state index >= 15 is 0 Å². The maximum Gasteiger partial charge on any atom is 0.224 e. The molecule has 6 heteroatoms. The van der Waals surface area contributed by atoms with Crippen molar-refractivity contribution in [3.05, 3.63) is 48.5 Å². The first-order valence-corrected chi connectivity index (χ1v) is 9.07. The Morgan fingerprint density at radius 1 is 1.28 bits per heavy atom. The van der Waals surface area contributed by atoms with E-state index in [1.54, 1.807) is 11.0 Å². The highest BCUT2D eigenvalue weighted by atomic mass is 16.2. The van der Waals surface area contributed by atoms with Crippen LogP contribution in [0.25, 0.3) is 0 Å². The van der Waals surface area contributed by atoms with Gasteiger partial charge in [0.2, 0.25) is 5.91 Å². The van der Waals surface area contributed by atoms with Gasteiger partial charge in [0.05, 0.1) is 6.54 Å². The van der Waals surface area contributed by atoms with Crippen molar-refractivity contribution in [3.63, 3.8) is 0 Å². The molecule has 6 nitrogen and oxygen atoms in total. The Morgan fingerprint density at radius 3 is 2.88 bits per heavy atom. The van der Waals surface area contributed by atoms with Crippen molar-refractivity contribution in [3.8, 4) is 0 Å². The van der Waals surface area contributed by atoms with Gasteiger partial charge in [-0.05, 0) is 31.4 Å². The van der Waals surface area contributed by atoms with Crippen molar-refractivity contribution in [2.45, 2.75) is 38.3 Å². The molecule has 0 radical (unpaired) electrons. The van der Waals surface area contributed by atoms with Crippen LogP contribution in [0, 0.1) is 0 Å². The van der Waals surface area contributed by atoms with Gasteiger partial charge in [0.25, 0.3) is 0 Å². The molecule has 1 aliphatic rings. The number of piperidine rings is 1. The molecular formula is C19H27N5O. The Morgan fingerprint density at radius 2 is 2.12 bits per heavy atom. The molecule has 2 aromatic rings. The molecule has 25 heavy (non-hydrogen) atoms. The normalized spacial score (nSPS) is 18.2. The van der Waals surface area contributed by atoms with E-state index in [0.29, 0.717) is 19.0 Å². The fourth-order valence-corrected chi connectivity index (χ4v) is 3.42. The third-order valence-corrected chi connectivity index (χ3v) is 5.00. The van der Waals surface area contributed by atoms with Crippen molar-refractivity contribution in [2.24, 2.45) is 0 Å². The summed E-state index contributed by atoms with van der Waals surface area (Å²) in [4.78, 5) is 20.8. The lowest BCUT2D eigenvalue weighted by molar-refractivity contribution is -0.133. The van der Waals surface area contributed by atoms with Gasteiger partial charge in [-0.25, -0.2) is 4.98 Å². The second kappa shape index (κ2) is 8.76. The van der Waals surface area contributed by atoms with E-state index in [9.17, 15) is 4.79 Å². The first kappa shape index (κ1) is 17.6. The van der Waals surface area contributed by atoms with Crippen LogP contribution in [-0.2, 0) is 17.8 Å². The van der Waals surface area contributed by atoms with Gasteiger partial charge in [0.15, 0.2) is 0 Å². The molecule has 1 amide bonds. The molecule has 134 valence electrons. The number of likely N-dealkylation sites (N-methyl/N-ethyl adjacent to an activating group) is 1. The smallest absolute Gasteiger partial charge is 0.224 e. The minimum absolute atomic E-state index is 0.186. The van der Waals surface area contributed by atoms with Crippen molar-refractivity contribution in [2.75, 3.05) is 26.7 Å². The molecule has 0 aliphatic carbocycles. The largest absolute Gasteiger partial charge is 0.341 e. The highest BCUT2D eigenvalue weighted by molar-refractivity contribution is 5.76. The SMILES string of the molecule is CN(C(=O)CCn1cncn1)C1CCCN(CCc2ccccc2)C1. The van der Waals surface area contributed by atoms with Crippen LogP contribution in [0.3, 0.4) is 0 Å². The Balaban J connectivity index is 1.45. The average Bonchev–Trinajstić information content (AvgIpc) is 3.18. The lowest BCUT2D eigenvalue weighted by atomic mass is 10.0. The van der Waals surface area contributed by atoms with Crippen LogP contribution in [0.5, 0.6) is 0 Å². The van der Waals surface area contributed by atoms with Crippen LogP contribution >= 0.6 is 0 Å². The zero-order valence-electron chi connectivity index (χ0n) is 14.9. The van der Waals surface area contributed by atoms with Crippen LogP contribution < -0.4 is 0 Å². The minimum atomic E-state index is 0.186. The number of carbonyl (C=O) groups is 1. The molecule has 1 unspecified atom stereocenters. The van der Waals surface area contributed by atoms with Gasteiger partial charge < -0.3 is 9.80 Å². The Bertz CT molecular complexity index is 643. The van der Waals surface area contributed by atoms with E-state index in [2.05, 4.69) is 45.3 Å². The predicted octanol–water partition coefficient (Wildman–Crippen LogP) is 1.83. The molecule has 1 saturated heterocycles. The number of benzene rings is 1. The van der Waals surface area contributed by atoms with Crippen LogP contribution in [0.15, 0.2) is 43.0 Å². The fourth-order valence-electron chi connectivity index (χ4n) is 3.42. The van der Waals surface area contributed by atoms with Crippen molar-refractivity contribution in [1.82, 2.24) is 24.6 Å². The number of hydrogen-bond acceptors (Lipinski definition) is 4. The molecule has 2 heterocycles. The summed E-state index contributed by atoms with van der Waals surface area (Å²) in [6.45, 7) is 3.75. The summed E-state index contributed by atoms with van der Waals surface area (Å²) in [5, 5.41) is 4.05. The first-order valence-electron chi connectivity index (χ1n) is 9.07. The summed E-state index contributed by atoms with van der Waals surface area (Å²) in [6, 6.07) is 10.9. The standard InChI is InChI=1S/C19H27N5O/c1-22(19(25)10-13-24-16-20-15-21-24)18-8-5-11-23(14-18)12-9-17-6-3-2-4-7-17/h2-4,6-7,15-16,18H,5,8-14H2,1H3. The summed E-state index contributed by atoms with van der Waals surface area (Å²) < 4.78 is 1.71. The summed E-state index contributed by atoms with van der Waals surface area (Å²) >= 11 is 0. The zero-order chi connectivity index (χ0) is 17.5. The van der Waals surface area contributed by atoms with Gasteiger partial charge in [-0.2, -0.15) is 5.10 Å². The average molecular weight is 341 g/mol. The maximum atomic E-state index is 12.5. The molecule has 0 spiro atoms. The molecule has 0 saturated carbocycles.